The van der Waals surface area contributed by atoms with Crippen molar-refractivity contribution in [3.05, 3.63) is 47.5 Å². The van der Waals surface area contributed by atoms with Crippen LogP contribution in [0.2, 0.25) is 0 Å². The molecule has 0 bridgehead atoms. The van der Waals surface area contributed by atoms with E-state index in [-0.39, 0.29) is 11.8 Å². The van der Waals surface area contributed by atoms with E-state index in [0.717, 1.165) is 12.1 Å². The summed E-state index contributed by atoms with van der Waals surface area (Å²) in [6.07, 6.45) is 4.69. The highest BCUT2D eigenvalue weighted by atomic mass is 32.2. The average molecular weight is 290 g/mol. The molecule has 1 aliphatic rings. The van der Waals surface area contributed by atoms with Gasteiger partial charge >= 0.3 is 0 Å². The third-order valence-electron chi connectivity index (χ3n) is 3.21. The summed E-state index contributed by atoms with van der Waals surface area (Å²) in [5.74, 6) is -0.482. The number of carbonyl (C=O) groups excluding carboxylic acids is 2. The highest BCUT2D eigenvalue weighted by Crippen LogP contribution is 2.12. The van der Waals surface area contributed by atoms with Crippen LogP contribution < -0.4 is 5.32 Å². The van der Waals surface area contributed by atoms with Gasteiger partial charge < -0.3 is 5.32 Å². The van der Waals surface area contributed by atoms with Crippen LogP contribution in [-0.2, 0) is 22.7 Å². The second-order valence-corrected chi connectivity index (χ2v) is 5.85. The molecule has 1 aromatic carbocycles. The lowest BCUT2D eigenvalue weighted by Gasteiger charge is -2.14. The minimum Gasteiger partial charge on any atom is -0.301 e. The van der Waals surface area contributed by atoms with Crippen LogP contribution in [0.5, 0.6) is 0 Å². The zero-order valence-corrected chi connectivity index (χ0v) is 12.4. The van der Waals surface area contributed by atoms with E-state index < -0.39 is 0 Å². The molecule has 0 aromatic heterocycles. The van der Waals surface area contributed by atoms with E-state index >= 15 is 0 Å². The summed E-state index contributed by atoms with van der Waals surface area (Å²) in [5.41, 5.74) is 2.14. The van der Waals surface area contributed by atoms with Crippen LogP contribution in [0.1, 0.15) is 18.1 Å². The lowest BCUT2D eigenvalue weighted by atomic mass is 10.1. The molecule has 1 heterocycles. The van der Waals surface area contributed by atoms with Gasteiger partial charge in [0.15, 0.2) is 0 Å². The Morgan fingerprint density at radius 3 is 2.20 bits per heavy atom. The van der Waals surface area contributed by atoms with Gasteiger partial charge in [0, 0.05) is 18.7 Å². The summed E-state index contributed by atoms with van der Waals surface area (Å²) >= 11 is 1.77. The van der Waals surface area contributed by atoms with Gasteiger partial charge in [-0.15, -0.1) is 11.8 Å². The number of amides is 2. The van der Waals surface area contributed by atoms with Crippen LogP contribution in [0, 0.1) is 0 Å². The lowest BCUT2D eigenvalue weighted by molar-refractivity contribution is -0.137. The first-order valence-electron chi connectivity index (χ1n) is 6.47. The Hall–Kier alpha value is -1.59. The van der Waals surface area contributed by atoms with Gasteiger partial charge in [-0.1, -0.05) is 24.3 Å². The Morgan fingerprint density at radius 2 is 1.65 bits per heavy atom. The Balaban J connectivity index is 1.92. The van der Waals surface area contributed by atoms with Crippen molar-refractivity contribution in [1.29, 1.82) is 0 Å². The highest BCUT2D eigenvalue weighted by molar-refractivity contribution is 7.99. The van der Waals surface area contributed by atoms with Crippen molar-refractivity contribution < 1.29 is 9.59 Å². The molecule has 0 saturated heterocycles. The molecule has 5 heteroatoms. The fourth-order valence-corrected chi connectivity index (χ4v) is 2.13. The third-order valence-corrected chi connectivity index (χ3v) is 4.09. The molecule has 20 heavy (non-hydrogen) atoms. The van der Waals surface area contributed by atoms with Crippen molar-refractivity contribution in [3.8, 4) is 0 Å². The summed E-state index contributed by atoms with van der Waals surface area (Å²) in [7, 11) is 0. The van der Waals surface area contributed by atoms with Gasteiger partial charge in [0.1, 0.15) is 0 Å². The number of rotatable bonds is 6. The summed E-state index contributed by atoms with van der Waals surface area (Å²) in [6.45, 7) is 3.27. The first-order chi connectivity index (χ1) is 9.60. The largest absolute Gasteiger partial charge is 0.301 e. The van der Waals surface area contributed by atoms with E-state index in [4.69, 9.17) is 0 Å². The molecule has 0 fully saturated rings. The number of imide groups is 1. The van der Waals surface area contributed by atoms with E-state index in [1.54, 1.807) is 11.8 Å². The van der Waals surface area contributed by atoms with E-state index in [1.165, 1.54) is 22.6 Å². The summed E-state index contributed by atoms with van der Waals surface area (Å²) in [6, 6.07) is 7.96. The maximum absolute atomic E-state index is 11.5. The minimum atomic E-state index is -0.241. The average Bonchev–Trinajstić information content (AvgIpc) is 2.78. The molecule has 1 unspecified atom stereocenters. The third kappa shape index (κ3) is 3.71. The van der Waals surface area contributed by atoms with Crippen LogP contribution in [0.3, 0.4) is 0 Å². The number of nitrogens with one attached hydrogen (secondary N) is 1. The molecule has 106 valence electrons. The van der Waals surface area contributed by atoms with E-state index in [2.05, 4.69) is 18.5 Å². The molecule has 2 rings (SSSR count). The molecule has 4 nitrogen and oxygen atoms in total. The van der Waals surface area contributed by atoms with Crippen molar-refractivity contribution in [2.45, 2.75) is 25.4 Å². The topological polar surface area (TPSA) is 49.4 Å². The highest BCUT2D eigenvalue weighted by Gasteiger charge is 2.22. The molecule has 1 aliphatic heterocycles. The van der Waals surface area contributed by atoms with E-state index in [9.17, 15) is 9.59 Å². The zero-order valence-electron chi connectivity index (χ0n) is 11.6. The van der Waals surface area contributed by atoms with Gasteiger partial charge in [-0.2, -0.15) is 0 Å². The molecule has 0 aliphatic carbocycles. The zero-order chi connectivity index (χ0) is 14.5. The monoisotopic (exact) mass is 290 g/mol. The van der Waals surface area contributed by atoms with Gasteiger partial charge in [0.25, 0.3) is 11.8 Å². The van der Waals surface area contributed by atoms with Gasteiger partial charge in [-0.05, 0) is 24.3 Å². The van der Waals surface area contributed by atoms with Crippen molar-refractivity contribution in [3.63, 3.8) is 0 Å². The van der Waals surface area contributed by atoms with Crippen LogP contribution in [0.25, 0.3) is 0 Å². The van der Waals surface area contributed by atoms with Crippen molar-refractivity contribution in [1.82, 2.24) is 10.2 Å². The molecular weight excluding hydrogens is 272 g/mol. The van der Waals surface area contributed by atoms with Gasteiger partial charge in [-0.3, -0.25) is 14.5 Å². The predicted molar refractivity (Wildman–Crippen MR) is 81.0 cm³/mol. The van der Waals surface area contributed by atoms with Gasteiger partial charge in [0.2, 0.25) is 0 Å². The first-order valence-corrected chi connectivity index (χ1v) is 7.76. The second-order valence-electron chi connectivity index (χ2n) is 4.67. The second kappa shape index (κ2) is 6.72. The van der Waals surface area contributed by atoms with Crippen LogP contribution in [0.15, 0.2) is 36.4 Å². The number of hydrogen-bond acceptors (Lipinski definition) is 4. The van der Waals surface area contributed by atoms with E-state index in [0.29, 0.717) is 11.9 Å². The van der Waals surface area contributed by atoms with Crippen LogP contribution in [-0.4, -0.2) is 28.3 Å². The number of thioether (sulfide) groups is 1. The predicted octanol–water partition coefficient (Wildman–Crippen LogP) is 1.91. The maximum Gasteiger partial charge on any atom is 0.253 e. The Labute approximate surface area is 123 Å². The van der Waals surface area contributed by atoms with Crippen LogP contribution in [0.4, 0.5) is 0 Å². The molecule has 0 spiro atoms. The fourth-order valence-electron chi connectivity index (χ4n) is 1.88. The van der Waals surface area contributed by atoms with Crippen molar-refractivity contribution in [2.75, 3.05) is 6.26 Å². The van der Waals surface area contributed by atoms with Crippen molar-refractivity contribution >= 4 is 23.6 Å². The quantitative estimate of drug-likeness (QED) is 0.642. The molecule has 1 N–H and O–H groups in total. The normalized spacial score (nSPS) is 16.0. The molecule has 2 amide bonds. The minimum absolute atomic E-state index is 0.241. The van der Waals surface area contributed by atoms with Gasteiger partial charge in [-0.25, -0.2) is 0 Å². The maximum atomic E-state index is 11.5. The number of carbonyl (C=O) groups is 2. The number of nitrogens with zero attached hydrogens (tertiary/aromatic N) is 1. The van der Waals surface area contributed by atoms with Crippen LogP contribution >= 0.6 is 11.8 Å². The van der Waals surface area contributed by atoms with Gasteiger partial charge in [0.05, 0.1) is 11.9 Å². The Kier molecular flexibility index (Phi) is 4.98. The summed E-state index contributed by atoms with van der Waals surface area (Å²) in [5, 5.41) is 3.81. The summed E-state index contributed by atoms with van der Waals surface area (Å²) in [4.78, 5) is 24.2. The molecule has 0 radical (unpaired) electrons. The number of hydrogen-bond donors (Lipinski definition) is 1. The Bertz CT molecular complexity index is 507. The molecule has 1 atom stereocenters. The van der Waals surface area contributed by atoms with Crippen molar-refractivity contribution in [2.24, 2.45) is 0 Å². The molecule has 0 saturated carbocycles. The molecule has 1 aromatic rings. The smallest absolute Gasteiger partial charge is 0.253 e. The fraction of sp³-hybridized carbons (Fsp3) is 0.333. The number of benzene rings is 1. The first kappa shape index (κ1) is 14.8. The SMILES string of the molecule is CSC(C)NCc1ccc(CN2C(=O)C=CC2=O)cc1. The lowest BCUT2D eigenvalue weighted by Crippen LogP contribution is -2.29. The van der Waals surface area contributed by atoms with E-state index in [1.807, 2.05) is 24.3 Å². The molecular formula is C15H18N2O2S. The standard InChI is InChI=1S/C15H18N2O2S/c1-11(20-2)16-9-12-3-5-13(6-4-12)10-17-14(18)7-8-15(17)19/h3-8,11,16H,9-10H2,1-2H3. The summed E-state index contributed by atoms with van der Waals surface area (Å²) < 4.78 is 0. The Morgan fingerprint density at radius 1 is 1.10 bits per heavy atom.